The highest BCUT2D eigenvalue weighted by Crippen LogP contribution is 2.53. The molecular formula is C29H37N3O2. The Morgan fingerprint density at radius 3 is 2.15 bits per heavy atom. The highest BCUT2D eigenvalue weighted by atomic mass is 16.5. The predicted molar refractivity (Wildman–Crippen MR) is 136 cm³/mol. The van der Waals surface area contributed by atoms with E-state index in [0.717, 1.165) is 48.5 Å². The molecule has 4 saturated carbocycles. The molecule has 0 aromatic heterocycles. The van der Waals surface area contributed by atoms with Gasteiger partial charge in [0.1, 0.15) is 5.75 Å². The lowest BCUT2D eigenvalue weighted by molar-refractivity contribution is -0.118. The fourth-order valence-electron chi connectivity index (χ4n) is 7.39. The summed E-state index contributed by atoms with van der Waals surface area (Å²) in [5, 5.41) is 7.07. The molecule has 34 heavy (non-hydrogen) atoms. The topological polar surface area (TPSA) is 53.6 Å². The van der Waals surface area contributed by atoms with E-state index >= 15 is 0 Å². The van der Waals surface area contributed by atoms with Crippen LogP contribution in [0.1, 0.15) is 44.9 Å². The number of rotatable bonds is 7. The molecular weight excluding hydrogens is 422 g/mol. The second kappa shape index (κ2) is 9.61. The predicted octanol–water partition coefficient (Wildman–Crippen LogP) is 5.09. The van der Waals surface area contributed by atoms with Crippen LogP contribution in [0.15, 0.2) is 54.6 Å². The molecule has 5 aliphatic rings. The Balaban J connectivity index is 0.962. The molecule has 0 spiro atoms. The first kappa shape index (κ1) is 22.0. The number of ether oxygens (including phenoxy) is 1. The fraction of sp³-hybridized carbons (Fsp3) is 0.552. The van der Waals surface area contributed by atoms with Gasteiger partial charge in [0, 0.05) is 36.5 Å². The van der Waals surface area contributed by atoms with Crippen LogP contribution in [-0.4, -0.2) is 37.7 Å². The number of carbonyl (C=O) groups is 1. The average molecular weight is 460 g/mol. The Kier molecular flexibility index (Phi) is 6.21. The first-order valence-corrected chi connectivity index (χ1v) is 13.3. The summed E-state index contributed by atoms with van der Waals surface area (Å²) in [4.78, 5) is 14.7. The molecule has 0 radical (unpaired) electrons. The van der Waals surface area contributed by atoms with E-state index in [1.54, 1.807) is 0 Å². The zero-order valence-electron chi connectivity index (χ0n) is 20.0. The molecule has 5 heteroatoms. The lowest BCUT2D eigenvalue weighted by atomic mass is 9.54. The molecule has 0 unspecified atom stereocenters. The number of anilines is 2. The van der Waals surface area contributed by atoms with Gasteiger partial charge in [-0.05, 0) is 105 Å². The smallest absolute Gasteiger partial charge is 0.262 e. The zero-order valence-corrected chi connectivity index (χ0v) is 20.0. The molecule has 1 amide bonds. The van der Waals surface area contributed by atoms with Crippen molar-refractivity contribution in [2.75, 3.05) is 29.9 Å². The van der Waals surface area contributed by atoms with Crippen molar-refractivity contribution in [3.05, 3.63) is 54.6 Å². The maximum Gasteiger partial charge on any atom is 0.262 e. The number of hydrogen-bond acceptors (Lipinski definition) is 4. The highest BCUT2D eigenvalue weighted by Gasteiger charge is 2.48. The first-order valence-electron chi connectivity index (χ1n) is 13.3. The second-order valence-corrected chi connectivity index (χ2v) is 11.1. The van der Waals surface area contributed by atoms with Crippen LogP contribution in [0.3, 0.4) is 0 Å². The van der Waals surface area contributed by atoms with Crippen molar-refractivity contribution >= 4 is 17.3 Å². The van der Waals surface area contributed by atoms with E-state index in [9.17, 15) is 4.79 Å². The minimum absolute atomic E-state index is 0.0102. The summed E-state index contributed by atoms with van der Waals surface area (Å²) in [6.07, 6.45) is 9.93. The van der Waals surface area contributed by atoms with Gasteiger partial charge in [0.15, 0.2) is 6.61 Å². The third-order valence-electron chi connectivity index (χ3n) is 8.78. The number of nitrogens with one attached hydrogen (secondary N) is 2. The Hall–Kier alpha value is -2.53. The second-order valence-electron chi connectivity index (χ2n) is 11.1. The van der Waals surface area contributed by atoms with E-state index in [-0.39, 0.29) is 12.5 Å². The van der Waals surface area contributed by atoms with Crippen LogP contribution in [0.5, 0.6) is 5.75 Å². The van der Waals surface area contributed by atoms with Gasteiger partial charge in [-0.15, -0.1) is 0 Å². The van der Waals surface area contributed by atoms with Gasteiger partial charge in [-0.2, -0.15) is 0 Å². The van der Waals surface area contributed by atoms with Gasteiger partial charge in [-0.25, -0.2) is 0 Å². The molecule has 7 rings (SSSR count). The lowest BCUT2D eigenvalue weighted by Gasteiger charge is -2.55. The average Bonchev–Trinajstić information content (AvgIpc) is 2.86. The molecule has 180 valence electrons. The Morgan fingerprint density at radius 1 is 0.853 bits per heavy atom. The molecule has 4 bridgehead atoms. The van der Waals surface area contributed by atoms with Crippen molar-refractivity contribution in [1.29, 1.82) is 0 Å². The Bertz CT molecular complexity index is 941. The SMILES string of the molecule is O=C(COc1ccccc1)Nc1ccc(N2CCC(NC3C4CC5CC(C4)CC3C5)CC2)cc1. The van der Waals surface area contributed by atoms with Gasteiger partial charge in [-0.1, -0.05) is 18.2 Å². The molecule has 2 aromatic rings. The third-order valence-corrected chi connectivity index (χ3v) is 8.78. The monoisotopic (exact) mass is 459 g/mol. The summed E-state index contributed by atoms with van der Waals surface area (Å²) in [5.74, 6) is 4.56. The van der Waals surface area contributed by atoms with E-state index in [4.69, 9.17) is 4.74 Å². The molecule has 4 aliphatic carbocycles. The Morgan fingerprint density at radius 2 is 1.50 bits per heavy atom. The maximum atomic E-state index is 12.2. The molecule has 2 aromatic carbocycles. The van der Waals surface area contributed by atoms with Crippen molar-refractivity contribution in [2.24, 2.45) is 23.7 Å². The van der Waals surface area contributed by atoms with Crippen molar-refractivity contribution < 1.29 is 9.53 Å². The van der Waals surface area contributed by atoms with Gasteiger partial charge < -0.3 is 20.3 Å². The van der Waals surface area contributed by atoms with E-state index < -0.39 is 0 Å². The maximum absolute atomic E-state index is 12.2. The quantitative estimate of drug-likeness (QED) is 0.606. The number of para-hydroxylation sites is 1. The summed E-state index contributed by atoms with van der Waals surface area (Å²) >= 11 is 0. The van der Waals surface area contributed by atoms with Crippen LogP contribution in [0.4, 0.5) is 11.4 Å². The third kappa shape index (κ3) is 4.81. The van der Waals surface area contributed by atoms with E-state index in [2.05, 4.69) is 27.7 Å². The standard InChI is InChI=1S/C29H37N3O2/c33-28(19-34-27-4-2-1-3-5-27)30-24-6-8-26(9-7-24)32-12-10-25(11-13-32)31-29-22-15-20-14-21(17-22)18-23(29)16-20/h1-9,20-23,25,29,31H,10-19H2,(H,30,33). The van der Waals surface area contributed by atoms with Crippen LogP contribution in [-0.2, 0) is 4.79 Å². The number of carbonyl (C=O) groups excluding carboxylic acids is 1. The normalized spacial score (nSPS) is 30.4. The molecule has 1 saturated heterocycles. The number of piperidine rings is 1. The van der Waals surface area contributed by atoms with Gasteiger partial charge in [0.2, 0.25) is 0 Å². The largest absolute Gasteiger partial charge is 0.484 e. The molecule has 1 aliphatic heterocycles. The lowest BCUT2D eigenvalue weighted by Crippen LogP contribution is -2.58. The summed E-state index contributed by atoms with van der Waals surface area (Å²) in [5.41, 5.74) is 2.05. The van der Waals surface area contributed by atoms with Crippen molar-refractivity contribution in [1.82, 2.24) is 5.32 Å². The molecule has 0 atom stereocenters. The summed E-state index contributed by atoms with van der Waals surface area (Å²) in [6, 6.07) is 19.1. The number of amides is 1. The van der Waals surface area contributed by atoms with E-state index in [0.29, 0.717) is 11.8 Å². The molecule has 5 nitrogen and oxygen atoms in total. The van der Waals surface area contributed by atoms with Gasteiger partial charge >= 0.3 is 0 Å². The van der Waals surface area contributed by atoms with Crippen molar-refractivity contribution in [3.8, 4) is 5.75 Å². The highest BCUT2D eigenvalue weighted by molar-refractivity contribution is 5.92. The van der Waals surface area contributed by atoms with E-state index in [1.165, 1.54) is 50.6 Å². The van der Waals surface area contributed by atoms with Gasteiger partial charge in [-0.3, -0.25) is 4.79 Å². The first-order chi connectivity index (χ1) is 16.7. The number of hydrogen-bond donors (Lipinski definition) is 2. The molecule has 5 fully saturated rings. The Labute approximate surface area is 203 Å². The van der Waals surface area contributed by atoms with Crippen molar-refractivity contribution in [3.63, 3.8) is 0 Å². The van der Waals surface area contributed by atoms with Crippen LogP contribution in [0.2, 0.25) is 0 Å². The summed E-state index contributed by atoms with van der Waals surface area (Å²) in [6.45, 7) is 2.21. The van der Waals surface area contributed by atoms with Gasteiger partial charge in [0.05, 0.1) is 0 Å². The van der Waals surface area contributed by atoms with Crippen LogP contribution >= 0.6 is 0 Å². The number of nitrogens with zero attached hydrogens (tertiary/aromatic N) is 1. The van der Waals surface area contributed by atoms with Gasteiger partial charge in [0.25, 0.3) is 5.91 Å². The van der Waals surface area contributed by atoms with E-state index in [1.807, 2.05) is 42.5 Å². The zero-order chi connectivity index (χ0) is 22.9. The van der Waals surface area contributed by atoms with Crippen LogP contribution in [0.25, 0.3) is 0 Å². The summed E-state index contributed by atoms with van der Waals surface area (Å²) in [7, 11) is 0. The minimum Gasteiger partial charge on any atom is -0.484 e. The molecule has 1 heterocycles. The van der Waals surface area contributed by atoms with Crippen molar-refractivity contribution in [2.45, 2.75) is 57.0 Å². The van der Waals surface area contributed by atoms with Crippen LogP contribution in [0, 0.1) is 23.7 Å². The fourth-order valence-corrected chi connectivity index (χ4v) is 7.39. The summed E-state index contributed by atoms with van der Waals surface area (Å²) < 4.78 is 5.53. The van der Waals surface area contributed by atoms with Crippen LogP contribution < -0.4 is 20.3 Å². The minimum atomic E-state index is -0.145. The number of benzene rings is 2. The molecule has 2 N–H and O–H groups in total.